The summed E-state index contributed by atoms with van der Waals surface area (Å²) in [6.45, 7) is 4.52. The fourth-order valence-corrected chi connectivity index (χ4v) is 4.16. The molecule has 1 aliphatic heterocycles. The first-order chi connectivity index (χ1) is 12.4. The number of hydrogen-bond donors (Lipinski definition) is 1. The first-order valence-corrected chi connectivity index (χ1v) is 9.75. The van der Waals surface area contributed by atoms with Crippen molar-refractivity contribution in [2.45, 2.75) is 37.5 Å². The third-order valence-corrected chi connectivity index (χ3v) is 5.79. The maximum Gasteiger partial charge on any atom is 0.223 e. The molecule has 3 rings (SSSR count). The fourth-order valence-electron chi connectivity index (χ4n) is 2.87. The maximum atomic E-state index is 11.7. The van der Waals surface area contributed by atoms with Gasteiger partial charge in [0.05, 0.1) is 6.61 Å². The first kappa shape index (κ1) is 19.1. The number of ether oxygens (including phenoxy) is 2. The summed E-state index contributed by atoms with van der Waals surface area (Å²) in [6, 6.07) is 11.9. The third kappa shape index (κ3) is 4.34. The molecule has 26 heavy (non-hydrogen) atoms. The molecule has 0 unspecified atom stereocenters. The number of fused-ring (bicyclic) bond motifs is 1. The highest BCUT2D eigenvalue weighted by molar-refractivity contribution is 7.98. The van der Waals surface area contributed by atoms with Crippen LogP contribution in [0.3, 0.4) is 0 Å². The first-order valence-electron chi connectivity index (χ1n) is 8.39. The monoisotopic (exact) mass is 391 g/mol. The largest absolute Gasteiger partial charge is 0.467 e. The number of thioether (sulfide) groups is 1. The second kappa shape index (κ2) is 7.91. The predicted molar refractivity (Wildman–Crippen MR) is 104 cm³/mol. The van der Waals surface area contributed by atoms with Gasteiger partial charge in [-0.1, -0.05) is 43.6 Å². The average Bonchev–Trinajstić information content (AvgIpc) is 2.60. The lowest BCUT2D eigenvalue weighted by atomic mass is 9.85. The van der Waals surface area contributed by atoms with Crippen LogP contribution < -0.4 is 10.5 Å². The lowest BCUT2D eigenvalue weighted by molar-refractivity contribution is -0.125. The molecule has 0 radical (unpaired) electrons. The van der Waals surface area contributed by atoms with E-state index in [0.29, 0.717) is 18.1 Å². The van der Waals surface area contributed by atoms with Gasteiger partial charge in [-0.05, 0) is 30.2 Å². The van der Waals surface area contributed by atoms with Crippen LogP contribution in [-0.4, -0.2) is 12.7 Å². The Kier molecular flexibility index (Phi) is 5.80. The van der Waals surface area contributed by atoms with E-state index in [1.807, 2.05) is 44.2 Å². The zero-order chi connectivity index (χ0) is 18.7. The Morgan fingerprint density at radius 1 is 1.27 bits per heavy atom. The van der Waals surface area contributed by atoms with Crippen molar-refractivity contribution < 1.29 is 14.3 Å². The van der Waals surface area contributed by atoms with Gasteiger partial charge in [0.25, 0.3) is 0 Å². The molecular weight excluding hydrogens is 370 g/mol. The molecule has 1 aliphatic rings. The van der Waals surface area contributed by atoms with Crippen LogP contribution in [0.4, 0.5) is 0 Å². The molecule has 2 N–H and O–H groups in total. The smallest absolute Gasteiger partial charge is 0.223 e. The van der Waals surface area contributed by atoms with Crippen LogP contribution in [0.2, 0.25) is 5.02 Å². The lowest BCUT2D eigenvalue weighted by Gasteiger charge is -2.23. The molecule has 0 saturated carbocycles. The summed E-state index contributed by atoms with van der Waals surface area (Å²) < 4.78 is 11.0. The normalized spacial score (nSPS) is 13.8. The lowest BCUT2D eigenvalue weighted by Crippen LogP contribution is -2.33. The van der Waals surface area contributed by atoms with Gasteiger partial charge >= 0.3 is 0 Å². The Labute approximate surface area is 163 Å². The number of nitrogens with two attached hydrogens (primary N) is 1. The Morgan fingerprint density at radius 2 is 2.04 bits per heavy atom. The van der Waals surface area contributed by atoms with Crippen molar-refractivity contribution in [2.24, 2.45) is 11.1 Å². The zero-order valence-electron chi connectivity index (χ0n) is 14.9. The second-order valence-electron chi connectivity index (χ2n) is 6.99. The summed E-state index contributed by atoms with van der Waals surface area (Å²) in [7, 11) is 0. The van der Waals surface area contributed by atoms with Crippen LogP contribution in [0, 0.1) is 5.41 Å². The van der Waals surface area contributed by atoms with Crippen molar-refractivity contribution >= 4 is 29.3 Å². The van der Waals surface area contributed by atoms with Crippen molar-refractivity contribution in [3.8, 4) is 5.75 Å². The van der Waals surface area contributed by atoms with E-state index in [0.717, 1.165) is 33.1 Å². The van der Waals surface area contributed by atoms with Gasteiger partial charge in [0, 0.05) is 32.2 Å². The summed E-state index contributed by atoms with van der Waals surface area (Å²) in [5, 5.41) is 0.677. The molecule has 0 fully saturated rings. The van der Waals surface area contributed by atoms with Crippen molar-refractivity contribution in [3.63, 3.8) is 0 Å². The topological polar surface area (TPSA) is 61.6 Å². The van der Waals surface area contributed by atoms with E-state index in [9.17, 15) is 4.79 Å². The number of primary amides is 1. The molecule has 0 aliphatic carbocycles. The van der Waals surface area contributed by atoms with Crippen molar-refractivity contribution in [2.75, 3.05) is 6.79 Å². The highest BCUT2D eigenvalue weighted by Gasteiger charge is 2.26. The van der Waals surface area contributed by atoms with Crippen LogP contribution in [-0.2, 0) is 28.3 Å². The fraction of sp³-hybridized carbons (Fsp3) is 0.350. The second-order valence-corrected chi connectivity index (χ2v) is 8.44. The van der Waals surface area contributed by atoms with Crippen molar-refractivity contribution in [3.05, 3.63) is 58.1 Å². The molecular formula is C20H22ClNO3S. The molecule has 1 amide bonds. The molecule has 4 nitrogen and oxygen atoms in total. The van der Waals surface area contributed by atoms with Gasteiger partial charge in [0.15, 0.2) is 6.79 Å². The summed E-state index contributed by atoms with van der Waals surface area (Å²) in [5.74, 6) is 1.29. The number of benzene rings is 2. The Morgan fingerprint density at radius 3 is 2.81 bits per heavy atom. The standard InChI is InChI=1S/C20H22ClNO3S/c1-20(2,19(22)23)9-13-5-3-4-6-17(13)26-11-15-8-16(21)7-14-10-24-12-25-18(14)15/h3-8H,9-12H2,1-2H3,(H2,22,23). The van der Waals surface area contributed by atoms with Gasteiger partial charge in [-0.25, -0.2) is 0 Å². The van der Waals surface area contributed by atoms with Gasteiger partial charge in [-0.3, -0.25) is 4.79 Å². The van der Waals surface area contributed by atoms with E-state index in [1.165, 1.54) is 0 Å². The van der Waals surface area contributed by atoms with Gasteiger partial charge in [-0.2, -0.15) is 0 Å². The number of halogens is 1. The van der Waals surface area contributed by atoms with Crippen LogP contribution in [0.5, 0.6) is 5.75 Å². The van der Waals surface area contributed by atoms with Crippen molar-refractivity contribution in [1.82, 2.24) is 0 Å². The maximum absolute atomic E-state index is 11.7. The molecule has 0 aromatic heterocycles. The molecule has 0 spiro atoms. The van der Waals surface area contributed by atoms with Gasteiger partial charge < -0.3 is 15.2 Å². The third-order valence-electron chi connectivity index (χ3n) is 4.41. The van der Waals surface area contributed by atoms with E-state index in [2.05, 4.69) is 6.07 Å². The molecule has 6 heteroatoms. The number of rotatable bonds is 6. The number of carbonyl (C=O) groups excluding carboxylic acids is 1. The molecule has 0 saturated heterocycles. The summed E-state index contributed by atoms with van der Waals surface area (Å²) >= 11 is 7.95. The van der Waals surface area contributed by atoms with Crippen LogP contribution >= 0.6 is 23.4 Å². The number of amides is 1. The van der Waals surface area contributed by atoms with Crippen molar-refractivity contribution in [1.29, 1.82) is 0 Å². The molecule has 2 aromatic rings. The minimum atomic E-state index is -0.591. The minimum absolute atomic E-state index is 0.260. The van der Waals surface area contributed by atoms with E-state index in [4.69, 9.17) is 26.8 Å². The molecule has 138 valence electrons. The van der Waals surface area contributed by atoms with Crippen LogP contribution in [0.1, 0.15) is 30.5 Å². The number of carbonyl (C=O) groups is 1. The summed E-state index contributed by atoms with van der Waals surface area (Å²) in [5.41, 5.74) is 8.08. The highest BCUT2D eigenvalue weighted by atomic mass is 35.5. The molecule has 2 aromatic carbocycles. The zero-order valence-corrected chi connectivity index (χ0v) is 16.5. The van der Waals surface area contributed by atoms with Gasteiger partial charge in [-0.15, -0.1) is 11.8 Å². The van der Waals surface area contributed by atoms with Crippen LogP contribution in [0.25, 0.3) is 0 Å². The van der Waals surface area contributed by atoms with Crippen LogP contribution in [0.15, 0.2) is 41.3 Å². The highest BCUT2D eigenvalue weighted by Crippen LogP contribution is 2.37. The van der Waals surface area contributed by atoms with E-state index in [-0.39, 0.29) is 12.7 Å². The van der Waals surface area contributed by atoms with E-state index < -0.39 is 5.41 Å². The Bertz CT molecular complexity index is 823. The van der Waals surface area contributed by atoms with Gasteiger partial charge in [0.2, 0.25) is 5.91 Å². The molecule has 0 atom stereocenters. The van der Waals surface area contributed by atoms with E-state index >= 15 is 0 Å². The van der Waals surface area contributed by atoms with E-state index in [1.54, 1.807) is 11.8 Å². The Balaban J connectivity index is 1.81. The number of hydrogen-bond acceptors (Lipinski definition) is 4. The SMILES string of the molecule is CC(C)(Cc1ccccc1SCc1cc(Cl)cc2c1OCOC2)C(N)=O. The van der Waals surface area contributed by atoms with Gasteiger partial charge in [0.1, 0.15) is 5.75 Å². The predicted octanol–water partition coefficient (Wildman–Crippen LogP) is 4.55. The molecule has 1 heterocycles. The quantitative estimate of drug-likeness (QED) is 0.733. The Hall–Kier alpha value is -1.69. The molecule has 0 bridgehead atoms. The summed E-state index contributed by atoms with van der Waals surface area (Å²) in [6.07, 6.45) is 0.601. The minimum Gasteiger partial charge on any atom is -0.467 e. The summed E-state index contributed by atoms with van der Waals surface area (Å²) in [4.78, 5) is 12.8. The average molecular weight is 392 g/mol.